The Balaban J connectivity index is 2.17. The van der Waals surface area contributed by atoms with E-state index in [-0.39, 0.29) is 0 Å². The first-order valence-electron chi connectivity index (χ1n) is 5.06. The Labute approximate surface area is 90.5 Å². The maximum Gasteiger partial charge on any atom is 0.0409 e. The van der Waals surface area contributed by atoms with E-state index in [1.54, 1.807) is 0 Å². The fourth-order valence-electron chi connectivity index (χ4n) is 2.06. The normalized spacial score (nSPS) is 25.2. The molecule has 0 spiro atoms. The monoisotopic (exact) mass is 209 g/mol. The summed E-state index contributed by atoms with van der Waals surface area (Å²) >= 11 is 5.97. The average Bonchev–Trinajstić information content (AvgIpc) is 2.46. The lowest BCUT2D eigenvalue weighted by molar-refractivity contribution is 0.403. The predicted octanol–water partition coefficient (Wildman–Crippen LogP) is 3.40. The second kappa shape index (κ2) is 3.56. The number of nitrogens with one attached hydrogen (secondary N) is 1. The minimum Gasteiger partial charge on any atom is -0.309 e. The fourth-order valence-corrected chi connectivity index (χ4v) is 2.25. The molecule has 2 heteroatoms. The van der Waals surface area contributed by atoms with E-state index in [9.17, 15) is 0 Å². The Morgan fingerprint density at radius 1 is 1.43 bits per heavy atom. The number of halogens is 1. The number of rotatable bonds is 1. The van der Waals surface area contributed by atoms with Crippen molar-refractivity contribution in [2.45, 2.75) is 26.3 Å². The van der Waals surface area contributed by atoms with Crippen LogP contribution in [0.5, 0.6) is 0 Å². The van der Waals surface area contributed by atoms with Gasteiger partial charge in [0.1, 0.15) is 0 Å². The van der Waals surface area contributed by atoms with E-state index in [4.69, 9.17) is 11.6 Å². The lowest BCUT2D eigenvalue weighted by Gasteiger charge is -2.15. The highest BCUT2D eigenvalue weighted by Gasteiger charge is 2.31. The van der Waals surface area contributed by atoms with Crippen LogP contribution in [0.2, 0.25) is 5.02 Å². The van der Waals surface area contributed by atoms with E-state index in [0.29, 0.717) is 11.5 Å². The van der Waals surface area contributed by atoms with Crippen LogP contribution < -0.4 is 5.32 Å². The van der Waals surface area contributed by atoms with Gasteiger partial charge < -0.3 is 5.32 Å². The minimum absolute atomic E-state index is 0.410. The second-order valence-electron chi connectivity index (χ2n) is 4.86. The smallest absolute Gasteiger partial charge is 0.0409 e. The van der Waals surface area contributed by atoms with Crippen molar-refractivity contribution < 1.29 is 0 Å². The van der Waals surface area contributed by atoms with Gasteiger partial charge in [-0.05, 0) is 29.5 Å². The first-order valence-corrected chi connectivity index (χ1v) is 5.43. The Morgan fingerprint density at radius 3 is 2.79 bits per heavy atom. The van der Waals surface area contributed by atoms with Gasteiger partial charge in [-0.15, -0.1) is 0 Å². The quantitative estimate of drug-likeness (QED) is 0.748. The van der Waals surface area contributed by atoms with Crippen LogP contribution in [0.1, 0.15) is 31.9 Å². The van der Waals surface area contributed by atoms with Gasteiger partial charge in [0.25, 0.3) is 0 Å². The topological polar surface area (TPSA) is 12.0 Å². The Hall–Kier alpha value is -0.530. The molecule has 1 aliphatic heterocycles. The van der Waals surface area contributed by atoms with Crippen LogP contribution in [0.15, 0.2) is 24.3 Å². The Kier molecular flexibility index (Phi) is 2.54. The molecule has 2 rings (SSSR count). The summed E-state index contributed by atoms with van der Waals surface area (Å²) < 4.78 is 0. The molecule has 0 radical (unpaired) electrons. The molecule has 1 heterocycles. The van der Waals surface area contributed by atoms with Gasteiger partial charge in [-0.1, -0.05) is 37.6 Å². The third kappa shape index (κ3) is 2.10. The third-order valence-electron chi connectivity index (χ3n) is 2.83. The number of hydrogen-bond donors (Lipinski definition) is 1. The molecule has 1 saturated heterocycles. The van der Waals surface area contributed by atoms with E-state index in [2.05, 4.69) is 31.3 Å². The van der Waals surface area contributed by atoms with Gasteiger partial charge in [0.2, 0.25) is 0 Å². The lowest BCUT2D eigenvalue weighted by atomic mass is 9.89. The van der Waals surface area contributed by atoms with Crippen molar-refractivity contribution >= 4 is 11.6 Å². The van der Waals surface area contributed by atoms with Crippen molar-refractivity contribution in [3.63, 3.8) is 0 Å². The van der Waals surface area contributed by atoms with Gasteiger partial charge in [0.15, 0.2) is 0 Å². The molecule has 1 fully saturated rings. The zero-order valence-electron chi connectivity index (χ0n) is 8.68. The van der Waals surface area contributed by atoms with E-state index in [1.165, 1.54) is 12.0 Å². The molecule has 76 valence electrons. The highest BCUT2D eigenvalue weighted by atomic mass is 35.5. The Morgan fingerprint density at radius 2 is 2.21 bits per heavy atom. The molecule has 14 heavy (non-hydrogen) atoms. The van der Waals surface area contributed by atoms with Gasteiger partial charge in [0.05, 0.1) is 0 Å². The zero-order valence-corrected chi connectivity index (χ0v) is 9.43. The van der Waals surface area contributed by atoms with Crippen molar-refractivity contribution in [2.75, 3.05) is 6.54 Å². The molecule has 0 amide bonds. The summed E-state index contributed by atoms with van der Waals surface area (Å²) in [6, 6.07) is 8.62. The van der Waals surface area contributed by atoms with Crippen LogP contribution in [0, 0.1) is 5.41 Å². The van der Waals surface area contributed by atoms with Crippen molar-refractivity contribution in [2.24, 2.45) is 5.41 Å². The maximum absolute atomic E-state index is 5.97. The van der Waals surface area contributed by atoms with Crippen LogP contribution in [-0.2, 0) is 0 Å². The molecule has 1 aromatic carbocycles. The molecule has 1 aliphatic rings. The summed E-state index contributed by atoms with van der Waals surface area (Å²) in [5, 5.41) is 4.36. The summed E-state index contributed by atoms with van der Waals surface area (Å²) in [4.78, 5) is 0. The highest BCUT2D eigenvalue weighted by molar-refractivity contribution is 6.30. The van der Waals surface area contributed by atoms with Gasteiger partial charge >= 0.3 is 0 Å². The second-order valence-corrected chi connectivity index (χ2v) is 5.29. The Bertz CT molecular complexity index is 333. The van der Waals surface area contributed by atoms with Crippen molar-refractivity contribution in [1.82, 2.24) is 5.32 Å². The molecule has 1 nitrogen and oxygen atoms in total. The van der Waals surface area contributed by atoms with E-state index in [1.807, 2.05) is 12.1 Å². The van der Waals surface area contributed by atoms with Crippen molar-refractivity contribution in [3.05, 3.63) is 34.9 Å². The first kappa shape index (κ1) is 10.0. The average molecular weight is 210 g/mol. The molecule has 1 aromatic rings. The first-order chi connectivity index (χ1) is 6.57. The summed E-state index contributed by atoms with van der Waals surface area (Å²) in [5.41, 5.74) is 1.72. The number of benzene rings is 1. The number of hydrogen-bond acceptors (Lipinski definition) is 1. The van der Waals surface area contributed by atoms with E-state index in [0.717, 1.165) is 11.6 Å². The van der Waals surface area contributed by atoms with Gasteiger partial charge in [0, 0.05) is 17.6 Å². The van der Waals surface area contributed by atoms with E-state index < -0.39 is 0 Å². The minimum atomic E-state index is 0.410. The van der Waals surface area contributed by atoms with Crippen molar-refractivity contribution in [1.29, 1.82) is 0 Å². The largest absolute Gasteiger partial charge is 0.309 e. The molecular weight excluding hydrogens is 194 g/mol. The van der Waals surface area contributed by atoms with Gasteiger partial charge in [-0.2, -0.15) is 0 Å². The summed E-state index contributed by atoms with van der Waals surface area (Å²) in [5.74, 6) is 0. The van der Waals surface area contributed by atoms with Gasteiger partial charge in [-0.3, -0.25) is 0 Å². The van der Waals surface area contributed by atoms with E-state index >= 15 is 0 Å². The van der Waals surface area contributed by atoms with Gasteiger partial charge in [-0.25, -0.2) is 0 Å². The van der Waals surface area contributed by atoms with Crippen molar-refractivity contribution in [3.8, 4) is 0 Å². The SMILES string of the molecule is CC1(C)CNC(c2cccc(Cl)c2)C1. The molecule has 0 aliphatic carbocycles. The molecule has 1 unspecified atom stereocenters. The zero-order chi connectivity index (χ0) is 10.2. The lowest BCUT2D eigenvalue weighted by Crippen LogP contribution is -2.16. The van der Waals surface area contributed by atoms with Crippen LogP contribution >= 0.6 is 11.6 Å². The molecule has 0 aromatic heterocycles. The third-order valence-corrected chi connectivity index (χ3v) is 3.07. The van der Waals surface area contributed by atoms with Crippen LogP contribution in [0.3, 0.4) is 0 Å². The molecular formula is C12H16ClN. The maximum atomic E-state index is 5.97. The van der Waals surface area contributed by atoms with Crippen LogP contribution in [-0.4, -0.2) is 6.54 Å². The van der Waals surface area contributed by atoms with Crippen LogP contribution in [0.25, 0.3) is 0 Å². The fraction of sp³-hybridized carbons (Fsp3) is 0.500. The van der Waals surface area contributed by atoms with Crippen LogP contribution in [0.4, 0.5) is 0 Å². The molecule has 0 bridgehead atoms. The summed E-state index contributed by atoms with van der Waals surface area (Å²) in [6.07, 6.45) is 1.19. The molecule has 1 atom stereocenters. The molecule has 1 N–H and O–H groups in total. The predicted molar refractivity (Wildman–Crippen MR) is 60.6 cm³/mol. The summed E-state index contributed by atoms with van der Waals surface area (Å²) in [7, 11) is 0. The summed E-state index contributed by atoms with van der Waals surface area (Å²) in [6.45, 7) is 5.68. The molecule has 0 saturated carbocycles. The standard InChI is InChI=1S/C12H16ClN/c1-12(2)7-11(14-8-12)9-4-3-5-10(13)6-9/h3-6,11,14H,7-8H2,1-2H3. The highest BCUT2D eigenvalue weighted by Crippen LogP contribution is 2.35.